The number of rotatable bonds is 6. The topological polar surface area (TPSA) is 113 Å². The minimum atomic E-state index is -3.75. The number of hydrogen-bond donors (Lipinski definition) is 2. The Morgan fingerprint density at radius 2 is 2.21 bits per heavy atom. The van der Waals surface area contributed by atoms with Gasteiger partial charge in [-0.2, -0.15) is 4.31 Å². The molecule has 2 N–H and O–H groups in total. The van der Waals surface area contributed by atoms with Crippen LogP contribution in [0, 0.1) is 16.0 Å². The molecule has 2 rings (SSSR count). The van der Waals surface area contributed by atoms with E-state index < -0.39 is 21.1 Å². The minimum absolute atomic E-state index is 0.0779. The Kier molecular flexibility index (Phi) is 5.79. The molecule has 0 aromatic heterocycles. The number of nitro groups is 1. The highest BCUT2D eigenvalue weighted by Crippen LogP contribution is 2.30. The molecule has 0 saturated carbocycles. The maximum absolute atomic E-state index is 12.7. The van der Waals surface area contributed by atoms with Gasteiger partial charge in [0.25, 0.3) is 5.69 Å². The second-order valence-corrected chi connectivity index (χ2v) is 8.21. The van der Waals surface area contributed by atoms with Gasteiger partial charge in [-0.3, -0.25) is 10.1 Å². The molecule has 0 spiro atoms. The van der Waals surface area contributed by atoms with E-state index in [-0.39, 0.29) is 28.7 Å². The van der Waals surface area contributed by atoms with Gasteiger partial charge in [-0.05, 0) is 37.8 Å². The molecule has 1 aliphatic heterocycles. The summed E-state index contributed by atoms with van der Waals surface area (Å²) in [6.07, 6.45) is 1.09. The standard InChI is InChI=1S/C15H23N3O5S/c1-11-4-3-7-17(10-11)24(22,23)13-5-6-14(16-9-12(2)19)15(8-13)18(20)21/h5-6,8,11-12,16,19H,3-4,7,9-10H2,1-2H3. The van der Waals surface area contributed by atoms with E-state index in [1.165, 1.54) is 16.4 Å². The normalized spacial score (nSPS) is 20.5. The summed E-state index contributed by atoms with van der Waals surface area (Å²) in [5.41, 5.74) is -0.131. The second kappa shape index (κ2) is 7.45. The number of aliphatic hydroxyl groups excluding tert-OH is 1. The maximum Gasteiger partial charge on any atom is 0.293 e. The summed E-state index contributed by atoms with van der Waals surface area (Å²) in [7, 11) is -3.75. The van der Waals surface area contributed by atoms with Crippen LogP contribution in [-0.2, 0) is 10.0 Å². The monoisotopic (exact) mass is 357 g/mol. The first-order chi connectivity index (χ1) is 11.2. The first-order valence-corrected chi connectivity index (χ1v) is 9.36. The van der Waals surface area contributed by atoms with Gasteiger partial charge in [0.1, 0.15) is 5.69 Å². The lowest BCUT2D eigenvalue weighted by molar-refractivity contribution is -0.384. The van der Waals surface area contributed by atoms with Gasteiger partial charge in [0, 0.05) is 25.7 Å². The smallest absolute Gasteiger partial charge is 0.293 e. The largest absolute Gasteiger partial charge is 0.392 e. The van der Waals surface area contributed by atoms with Crippen LogP contribution >= 0.6 is 0 Å². The van der Waals surface area contributed by atoms with Crippen molar-refractivity contribution >= 4 is 21.4 Å². The van der Waals surface area contributed by atoms with Gasteiger partial charge < -0.3 is 10.4 Å². The average Bonchev–Trinajstić information content (AvgIpc) is 2.52. The van der Waals surface area contributed by atoms with Crippen molar-refractivity contribution in [3.8, 4) is 0 Å². The fourth-order valence-electron chi connectivity index (χ4n) is 2.74. The zero-order valence-corrected chi connectivity index (χ0v) is 14.6. The Morgan fingerprint density at radius 3 is 2.79 bits per heavy atom. The van der Waals surface area contributed by atoms with E-state index in [2.05, 4.69) is 5.32 Å². The lowest BCUT2D eigenvalue weighted by Gasteiger charge is -2.30. The molecule has 2 unspecified atom stereocenters. The van der Waals surface area contributed by atoms with E-state index >= 15 is 0 Å². The van der Waals surface area contributed by atoms with Gasteiger partial charge in [-0.1, -0.05) is 6.92 Å². The molecular weight excluding hydrogens is 334 g/mol. The van der Waals surface area contributed by atoms with E-state index in [0.29, 0.717) is 13.1 Å². The highest BCUT2D eigenvalue weighted by atomic mass is 32.2. The highest BCUT2D eigenvalue weighted by molar-refractivity contribution is 7.89. The van der Waals surface area contributed by atoms with Crippen molar-refractivity contribution in [3.63, 3.8) is 0 Å². The zero-order chi connectivity index (χ0) is 17.9. The maximum atomic E-state index is 12.7. The summed E-state index contributed by atoms with van der Waals surface area (Å²) in [4.78, 5) is 10.6. The molecule has 24 heavy (non-hydrogen) atoms. The third-order valence-corrected chi connectivity index (χ3v) is 5.87. The minimum Gasteiger partial charge on any atom is -0.392 e. The summed E-state index contributed by atoms with van der Waals surface area (Å²) in [6, 6.07) is 3.83. The predicted molar refractivity (Wildman–Crippen MR) is 90.4 cm³/mol. The van der Waals surface area contributed by atoms with Crippen LogP contribution in [-0.4, -0.2) is 48.5 Å². The molecule has 0 amide bonds. The average molecular weight is 357 g/mol. The molecule has 1 saturated heterocycles. The molecule has 1 aromatic carbocycles. The molecule has 0 bridgehead atoms. The Hall–Kier alpha value is -1.71. The molecule has 1 aromatic rings. The van der Waals surface area contributed by atoms with Crippen LogP contribution < -0.4 is 5.32 Å². The number of benzene rings is 1. The third kappa shape index (κ3) is 4.22. The molecule has 1 heterocycles. The number of nitro benzene ring substituents is 1. The van der Waals surface area contributed by atoms with E-state index in [1.54, 1.807) is 6.92 Å². The Labute approximate surface area is 141 Å². The van der Waals surface area contributed by atoms with Crippen molar-refractivity contribution in [1.82, 2.24) is 4.31 Å². The zero-order valence-electron chi connectivity index (χ0n) is 13.8. The number of anilines is 1. The van der Waals surface area contributed by atoms with Crippen molar-refractivity contribution in [2.24, 2.45) is 5.92 Å². The lowest BCUT2D eigenvalue weighted by atomic mass is 10.0. The first-order valence-electron chi connectivity index (χ1n) is 7.92. The number of nitrogens with zero attached hydrogens (tertiary/aromatic N) is 2. The first kappa shape index (κ1) is 18.6. The molecule has 8 nitrogen and oxygen atoms in total. The van der Waals surface area contributed by atoms with Gasteiger partial charge in [-0.25, -0.2) is 8.42 Å². The van der Waals surface area contributed by atoms with E-state index in [4.69, 9.17) is 0 Å². The molecule has 2 atom stereocenters. The summed E-state index contributed by atoms with van der Waals surface area (Å²) < 4.78 is 26.8. The van der Waals surface area contributed by atoms with Crippen LogP contribution in [0.2, 0.25) is 0 Å². The van der Waals surface area contributed by atoms with Gasteiger partial charge in [0.05, 0.1) is 15.9 Å². The Balaban J connectivity index is 2.33. The van der Waals surface area contributed by atoms with Gasteiger partial charge in [0.15, 0.2) is 0 Å². The molecule has 9 heteroatoms. The predicted octanol–water partition coefficient (Wildman–Crippen LogP) is 1.81. The van der Waals surface area contributed by atoms with Crippen LogP contribution in [0.25, 0.3) is 0 Å². The SMILES string of the molecule is CC(O)CNc1ccc(S(=O)(=O)N2CCCC(C)C2)cc1[N+](=O)[O-]. The number of nitrogens with one attached hydrogen (secondary N) is 1. The quantitative estimate of drug-likeness (QED) is 0.593. The van der Waals surface area contributed by atoms with Crippen LogP contribution in [0.3, 0.4) is 0 Å². The van der Waals surface area contributed by atoms with E-state index in [1.807, 2.05) is 6.92 Å². The number of sulfonamides is 1. The van der Waals surface area contributed by atoms with Gasteiger partial charge in [0.2, 0.25) is 10.0 Å². The number of aliphatic hydroxyl groups is 1. The number of hydrogen-bond acceptors (Lipinski definition) is 6. The molecule has 1 fully saturated rings. The summed E-state index contributed by atoms with van der Waals surface area (Å²) in [5, 5.41) is 23.3. The molecule has 1 aliphatic rings. The Bertz CT molecular complexity index is 705. The van der Waals surface area contributed by atoms with Crippen LogP contribution in [0.4, 0.5) is 11.4 Å². The molecular formula is C15H23N3O5S. The van der Waals surface area contributed by atoms with Crippen LogP contribution in [0.1, 0.15) is 26.7 Å². The fraction of sp³-hybridized carbons (Fsp3) is 0.600. The Morgan fingerprint density at radius 1 is 1.50 bits per heavy atom. The van der Waals surface area contributed by atoms with E-state index in [9.17, 15) is 23.6 Å². The van der Waals surface area contributed by atoms with Crippen molar-refractivity contribution in [2.75, 3.05) is 25.0 Å². The molecule has 0 radical (unpaired) electrons. The van der Waals surface area contributed by atoms with Gasteiger partial charge in [-0.15, -0.1) is 0 Å². The highest BCUT2D eigenvalue weighted by Gasteiger charge is 2.30. The fourth-order valence-corrected chi connectivity index (χ4v) is 4.36. The van der Waals surface area contributed by atoms with Crippen molar-refractivity contribution in [3.05, 3.63) is 28.3 Å². The number of piperidine rings is 1. The molecule has 134 valence electrons. The third-order valence-electron chi connectivity index (χ3n) is 4.01. The van der Waals surface area contributed by atoms with Crippen molar-refractivity contribution < 1.29 is 18.4 Å². The van der Waals surface area contributed by atoms with Crippen LogP contribution in [0.15, 0.2) is 23.1 Å². The second-order valence-electron chi connectivity index (χ2n) is 6.28. The van der Waals surface area contributed by atoms with Crippen LogP contribution in [0.5, 0.6) is 0 Å². The molecule has 0 aliphatic carbocycles. The van der Waals surface area contributed by atoms with E-state index in [0.717, 1.165) is 18.9 Å². The summed E-state index contributed by atoms with van der Waals surface area (Å²) in [6.45, 7) is 4.54. The lowest BCUT2D eigenvalue weighted by Crippen LogP contribution is -2.39. The summed E-state index contributed by atoms with van der Waals surface area (Å²) in [5.74, 6) is 0.274. The van der Waals surface area contributed by atoms with Crippen molar-refractivity contribution in [2.45, 2.75) is 37.7 Å². The van der Waals surface area contributed by atoms with Gasteiger partial charge >= 0.3 is 0 Å². The summed E-state index contributed by atoms with van der Waals surface area (Å²) >= 11 is 0. The van der Waals surface area contributed by atoms with Crippen molar-refractivity contribution in [1.29, 1.82) is 0 Å².